The average molecular weight is 157 g/mol. The van der Waals surface area contributed by atoms with E-state index in [1.54, 1.807) is 6.08 Å². The highest BCUT2D eigenvalue weighted by molar-refractivity contribution is 5.67. The molecule has 0 heterocycles. The molecule has 0 aromatic carbocycles. The molecule has 62 valence electrons. The Kier molecular flexibility index (Phi) is 4.81. The average Bonchev–Trinajstić information content (AvgIpc) is 1.97. The zero-order valence-corrected chi connectivity index (χ0v) is 6.19. The van der Waals surface area contributed by atoms with Gasteiger partial charge in [0.25, 0.3) is 0 Å². The number of nitrogens with zero attached hydrogens (tertiary/aromatic N) is 1. The van der Waals surface area contributed by atoms with E-state index < -0.39 is 5.97 Å². The molecule has 0 atom stereocenters. The number of carboxylic acids is 1. The van der Waals surface area contributed by atoms with Crippen molar-refractivity contribution >= 4 is 12.4 Å². The molecule has 0 aromatic rings. The Balaban J connectivity index is 3.59. The summed E-state index contributed by atoms with van der Waals surface area (Å²) in [5.41, 5.74) is 0. The summed E-state index contributed by atoms with van der Waals surface area (Å²) in [6.07, 6.45) is 2.15. The second kappa shape index (κ2) is 5.46. The Bertz CT molecular complexity index is 156. The molecule has 0 rings (SSSR count). The Morgan fingerprint density at radius 1 is 1.64 bits per heavy atom. The smallest absolute Gasteiger partial charge is 0.305 e. The van der Waals surface area contributed by atoms with Crippen molar-refractivity contribution in [3.63, 3.8) is 0 Å². The third-order valence-corrected chi connectivity index (χ3v) is 1.13. The summed E-state index contributed by atoms with van der Waals surface area (Å²) >= 11 is 0. The lowest BCUT2D eigenvalue weighted by Gasteiger charge is -2.12. The predicted octanol–water partition coefficient (Wildman–Crippen LogP) is 0.106. The van der Waals surface area contributed by atoms with E-state index in [0.717, 1.165) is 0 Å². The molecule has 11 heavy (non-hydrogen) atoms. The van der Waals surface area contributed by atoms with Crippen molar-refractivity contribution in [1.29, 1.82) is 0 Å². The van der Waals surface area contributed by atoms with Crippen molar-refractivity contribution < 1.29 is 14.7 Å². The molecule has 0 aromatic heterocycles. The standard InChI is InChI=1S/C7H11NO3/c1-2-4-8(6-9)5-3-7(10)11/h2,6H,1,3-5H2,(H,10,11). The fourth-order valence-electron chi connectivity index (χ4n) is 0.592. The van der Waals surface area contributed by atoms with Crippen molar-refractivity contribution in [2.45, 2.75) is 6.42 Å². The van der Waals surface area contributed by atoms with Gasteiger partial charge in [-0.05, 0) is 0 Å². The quantitative estimate of drug-likeness (QED) is 0.439. The van der Waals surface area contributed by atoms with E-state index in [1.165, 1.54) is 4.90 Å². The number of carbonyl (C=O) groups is 2. The molecule has 4 heteroatoms. The highest BCUT2D eigenvalue weighted by Gasteiger charge is 2.01. The fraction of sp³-hybridized carbons (Fsp3) is 0.429. The summed E-state index contributed by atoms with van der Waals surface area (Å²) in [5, 5.41) is 8.26. The van der Waals surface area contributed by atoms with Gasteiger partial charge in [0.05, 0.1) is 6.42 Å². The first-order valence-corrected chi connectivity index (χ1v) is 3.22. The molecular weight excluding hydrogens is 146 g/mol. The number of carbonyl (C=O) groups excluding carboxylic acids is 1. The number of hydrogen-bond acceptors (Lipinski definition) is 2. The fourth-order valence-corrected chi connectivity index (χ4v) is 0.592. The highest BCUT2D eigenvalue weighted by Crippen LogP contribution is 1.87. The lowest BCUT2D eigenvalue weighted by Crippen LogP contribution is -2.24. The van der Waals surface area contributed by atoms with Gasteiger partial charge in [-0.25, -0.2) is 0 Å². The Labute approximate surface area is 65.1 Å². The van der Waals surface area contributed by atoms with Gasteiger partial charge in [-0.2, -0.15) is 0 Å². The van der Waals surface area contributed by atoms with Crippen LogP contribution in [-0.2, 0) is 9.59 Å². The van der Waals surface area contributed by atoms with E-state index in [0.29, 0.717) is 13.0 Å². The van der Waals surface area contributed by atoms with Crippen molar-refractivity contribution in [3.05, 3.63) is 12.7 Å². The lowest BCUT2D eigenvalue weighted by molar-refractivity contribution is -0.137. The number of hydrogen-bond donors (Lipinski definition) is 1. The van der Waals surface area contributed by atoms with Crippen molar-refractivity contribution in [2.75, 3.05) is 13.1 Å². The van der Waals surface area contributed by atoms with Crippen LogP contribution in [0.5, 0.6) is 0 Å². The predicted molar refractivity (Wildman–Crippen MR) is 40.1 cm³/mol. The van der Waals surface area contributed by atoms with Crippen LogP contribution < -0.4 is 0 Å². The van der Waals surface area contributed by atoms with E-state index in [9.17, 15) is 9.59 Å². The Morgan fingerprint density at radius 3 is 2.64 bits per heavy atom. The second-order valence-corrected chi connectivity index (χ2v) is 2.03. The van der Waals surface area contributed by atoms with Crippen molar-refractivity contribution in [3.8, 4) is 0 Å². The molecule has 0 aliphatic carbocycles. The van der Waals surface area contributed by atoms with Crippen LogP contribution in [0.3, 0.4) is 0 Å². The normalized spacial score (nSPS) is 8.73. The van der Waals surface area contributed by atoms with Gasteiger partial charge in [-0.1, -0.05) is 6.08 Å². The maximum atomic E-state index is 10.2. The first-order valence-electron chi connectivity index (χ1n) is 3.22. The molecule has 1 N–H and O–H groups in total. The van der Waals surface area contributed by atoms with Gasteiger partial charge in [-0.3, -0.25) is 9.59 Å². The molecule has 0 aliphatic rings. The molecule has 0 unspecified atom stereocenters. The molecular formula is C7H11NO3. The second-order valence-electron chi connectivity index (χ2n) is 2.03. The topological polar surface area (TPSA) is 57.6 Å². The molecule has 0 aliphatic heterocycles. The van der Waals surface area contributed by atoms with E-state index in [-0.39, 0.29) is 13.0 Å². The minimum absolute atomic E-state index is 0.0212. The Morgan fingerprint density at radius 2 is 2.27 bits per heavy atom. The van der Waals surface area contributed by atoms with E-state index in [1.807, 2.05) is 0 Å². The summed E-state index contributed by atoms with van der Waals surface area (Å²) in [5.74, 6) is -0.902. The van der Waals surface area contributed by atoms with Gasteiger partial charge < -0.3 is 10.0 Å². The van der Waals surface area contributed by atoms with Crippen LogP contribution in [0, 0.1) is 0 Å². The molecule has 0 spiro atoms. The number of aliphatic carboxylic acids is 1. The third-order valence-electron chi connectivity index (χ3n) is 1.13. The number of rotatable bonds is 6. The molecule has 4 nitrogen and oxygen atoms in total. The minimum Gasteiger partial charge on any atom is -0.481 e. The van der Waals surface area contributed by atoms with Crippen LogP contribution in [0.4, 0.5) is 0 Å². The van der Waals surface area contributed by atoms with Crippen molar-refractivity contribution in [2.24, 2.45) is 0 Å². The van der Waals surface area contributed by atoms with Crippen molar-refractivity contribution in [1.82, 2.24) is 4.90 Å². The summed E-state index contributed by atoms with van der Waals surface area (Å²) in [4.78, 5) is 21.6. The van der Waals surface area contributed by atoms with Gasteiger partial charge >= 0.3 is 5.97 Å². The van der Waals surface area contributed by atoms with Gasteiger partial charge in [0.15, 0.2) is 0 Å². The summed E-state index contributed by atoms with van der Waals surface area (Å²) < 4.78 is 0. The van der Waals surface area contributed by atoms with Crippen LogP contribution in [0.25, 0.3) is 0 Å². The number of carboxylic acid groups (broad SMARTS) is 1. The van der Waals surface area contributed by atoms with Gasteiger partial charge in [0, 0.05) is 13.1 Å². The molecule has 0 radical (unpaired) electrons. The Hall–Kier alpha value is -1.32. The van der Waals surface area contributed by atoms with Crippen LogP contribution >= 0.6 is 0 Å². The summed E-state index contributed by atoms with van der Waals surface area (Å²) in [6, 6.07) is 0. The monoisotopic (exact) mass is 157 g/mol. The van der Waals surface area contributed by atoms with Gasteiger partial charge in [0.1, 0.15) is 0 Å². The molecule has 0 saturated carbocycles. The lowest BCUT2D eigenvalue weighted by atomic mass is 10.4. The van der Waals surface area contributed by atoms with E-state index in [2.05, 4.69) is 6.58 Å². The maximum Gasteiger partial charge on any atom is 0.305 e. The minimum atomic E-state index is -0.902. The van der Waals surface area contributed by atoms with E-state index >= 15 is 0 Å². The number of amides is 1. The van der Waals surface area contributed by atoms with Crippen LogP contribution in [0.1, 0.15) is 6.42 Å². The van der Waals surface area contributed by atoms with E-state index in [4.69, 9.17) is 5.11 Å². The third kappa shape index (κ3) is 5.14. The first-order chi connectivity index (χ1) is 5.20. The molecule has 0 fully saturated rings. The first kappa shape index (κ1) is 9.68. The van der Waals surface area contributed by atoms with Crippen LogP contribution in [0.15, 0.2) is 12.7 Å². The zero-order valence-electron chi connectivity index (χ0n) is 6.19. The zero-order chi connectivity index (χ0) is 8.69. The summed E-state index contributed by atoms with van der Waals surface area (Å²) in [7, 11) is 0. The van der Waals surface area contributed by atoms with Crippen LogP contribution in [0.2, 0.25) is 0 Å². The van der Waals surface area contributed by atoms with Gasteiger partial charge in [-0.15, -0.1) is 6.58 Å². The SMILES string of the molecule is C=CCN(C=O)CCC(=O)O. The molecule has 1 amide bonds. The molecule has 0 bridgehead atoms. The molecule has 0 saturated heterocycles. The van der Waals surface area contributed by atoms with Crippen LogP contribution in [-0.4, -0.2) is 35.5 Å². The highest BCUT2D eigenvalue weighted by atomic mass is 16.4. The maximum absolute atomic E-state index is 10.2. The largest absolute Gasteiger partial charge is 0.481 e. The summed E-state index contributed by atoms with van der Waals surface area (Å²) in [6.45, 7) is 4.07. The van der Waals surface area contributed by atoms with Gasteiger partial charge in [0.2, 0.25) is 6.41 Å².